The van der Waals surface area contributed by atoms with E-state index in [1.807, 2.05) is 6.07 Å². The minimum atomic E-state index is -0.561. The number of nitrogen functional groups attached to an aromatic ring is 1. The number of pyridine rings is 1. The first kappa shape index (κ1) is 17.3. The minimum Gasteiger partial charge on any atom is -0.381 e. The smallest absolute Gasteiger partial charge is 0.263 e. The van der Waals surface area contributed by atoms with Crippen LogP contribution in [0.2, 0.25) is 0 Å². The van der Waals surface area contributed by atoms with Crippen LogP contribution in [0.3, 0.4) is 0 Å². The van der Waals surface area contributed by atoms with Crippen molar-refractivity contribution in [2.24, 2.45) is 0 Å². The Bertz CT molecular complexity index is 995. The van der Waals surface area contributed by atoms with Crippen LogP contribution in [-0.2, 0) is 0 Å². The monoisotopic (exact) mass is 369 g/mol. The van der Waals surface area contributed by atoms with Crippen LogP contribution in [0.15, 0.2) is 30.9 Å². The first-order valence-corrected chi connectivity index (χ1v) is 8.76. The van der Waals surface area contributed by atoms with E-state index in [-0.39, 0.29) is 17.0 Å². The van der Waals surface area contributed by atoms with Gasteiger partial charge in [-0.2, -0.15) is 0 Å². The number of amides is 1. The van der Waals surface area contributed by atoms with E-state index in [2.05, 4.69) is 32.3 Å². The molecule has 3 N–H and O–H groups in total. The Kier molecular flexibility index (Phi) is 4.44. The van der Waals surface area contributed by atoms with Crippen LogP contribution < -0.4 is 11.1 Å². The van der Waals surface area contributed by atoms with Gasteiger partial charge in [0.2, 0.25) is 0 Å². The summed E-state index contributed by atoms with van der Waals surface area (Å²) in [6.07, 6.45) is 7.56. The normalized spacial score (nSPS) is 15.9. The van der Waals surface area contributed by atoms with Gasteiger partial charge in [-0.25, -0.2) is 13.9 Å². The number of fused-ring (bicyclic) bond motifs is 1. The van der Waals surface area contributed by atoms with Crippen molar-refractivity contribution in [1.29, 1.82) is 0 Å². The Hall–Kier alpha value is -3.07. The lowest BCUT2D eigenvalue weighted by Gasteiger charge is -2.30. The van der Waals surface area contributed by atoms with E-state index >= 15 is 0 Å². The van der Waals surface area contributed by atoms with Gasteiger partial charge in [0.15, 0.2) is 17.3 Å². The molecule has 1 fully saturated rings. The van der Waals surface area contributed by atoms with E-state index in [0.29, 0.717) is 11.6 Å². The molecule has 0 unspecified atom stereocenters. The maximum atomic E-state index is 13.3. The third kappa shape index (κ3) is 3.33. The highest BCUT2D eigenvalue weighted by Crippen LogP contribution is 2.32. The van der Waals surface area contributed by atoms with Gasteiger partial charge in [-0.05, 0) is 50.5 Å². The molecule has 0 bridgehead atoms. The molecule has 9 heteroatoms. The maximum absolute atomic E-state index is 13.3. The number of likely N-dealkylation sites (tertiary alicyclic amines) is 1. The number of anilines is 2. The summed E-state index contributed by atoms with van der Waals surface area (Å²) >= 11 is 0. The van der Waals surface area contributed by atoms with Crippen LogP contribution in [0.25, 0.3) is 5.65 Å². The Labute approximate surface area is 155 Å². The molecule has 0 atom stereocenters. The Morgan fingerprint density at radius 2 is 2.11 bits per heavy atom. The molecule has 4 heterocycles. The van der Waals surface area contributed by atoms with Crippen molar-refractivity contribution in [2.75, 3.05) is 31.2 Å². The van der Waals surface area contributed by atoms with E-state index < -0.39 is 11.7 Å². The van der Waals surface area contributed by atoms with Crippen molar-refractivity contribution in [1.82, 2.24) is 24.5 Å². The zero-order valence-corrected chi connectivity index (χ0v) is 14.9. The number of nitrogens with zero attached hydrogens (tertiary/aromatic N) is 5. The highest BCUT2D eigenvalue weighted by molar-refractivity contribution is 6.11. The van der Waals surface area contributed by atoms with Gasteiger partial charge in [0, 0.05) is 6.20 Å². The number of piperidine rings is 1. The predicted octanol–water partition coefficient (Wildman–Crippen LogP) is 1.91. The number of nitrogens with two attached hydrogens (primary N) is 1. The Balaban J connectivity index is 1.64. The molecule has 1 amide bonds. The van der Waals surface area contributed by atoms with Crippen molar-refractivity contribution < 1.29 is 9.18 Å². The molecular formula is C18H20FN7O. The van der Waals surface area contributed by atoms with Gasteiger partial charge in [0.1, 0.15) is 5.56 Å². The number of carbonyl (C=O) groups is 1. The number of aromatic nitrogens is 4. The fourth-order valence-electron chi connectivity index (χ4n) is 3.52. The third-order valence-corrected chi connectivity index (χ3v) is 4.96. The zero-order chi connectivity index (χ0) is 19.0. The maximum Gasteiger partial charge on any atom is 0.263 e. The van der Waals surface area contributed by atoms with Crippen molar-refractivity contribution in [3.8, 4) is 0 Å². The van der Waals surface area contributed by atoms with Crippen molar-refractivity contribution in [3.05, 3.63) is 47.8 Å². The van der Waals surface area contributed by atoms with Gasteiger partial charge in [0.05, 0.1) is 24.3 Å². The van der Waals surface area contributed by atoms with E-state index in [4.69, 9.17) is 5.73 Å². The van der Waals surface area contributed by atoms with Gasteiger partial charge >= 0.3 is 0 Å². The summed E-state index contributed by atoms with van der Waals surface area (Å²) in [5.41, 5.74) is 7.91. The van der Waals surface area contributed by atoms with E-state index in [9.17, 15) is 9.18 Å². The molecule has 1 saturated heterocycles. The van der Waals surface area contributed by atoms with E-state index in [1.165, 1.54) is 4.52 Å². The molecule has 140 valence electrons. The second-order valence-corrected chi connectivity index (χ2v) is 6.80. The van der Waals surface area contributed by atoms with Crippen LogP contribution in [0.4, 0.5) is 15.9 Å². The molecule has 1 aliphatic heterocycles. The Morgan fingerprint density at radius 3 is 2.89 bits per heavy atom. The second-order valence-electron chi connectivity index (χ2n) is 6.80. The first-order valence-electron chi connectivity index (χ1n) is 8.76. The molecule has 0 saturated carbocycles. The highest BCUT2D eigenvalue weighted by Gasteiger charge is 2.24. The fourth-order valence-corrected chi connectivity index (χ4v) is 3.52. The molecule has 1 aliphatic rings. The van der Waals surface area contributed by atoms with Gasteiger partial charge in [0.25, 0.3) is 5.91 Å². The summed E-state index contributed by atoms with van der Waals surface area (Å²) in [7, 11) is 2.11. The average molecular weight is 369 g/mol. The largest absolute Gasteiger partial charge is 0.381 e. The number of carbonyl (C=O) groups excluding carboxylic acids is 1. The third-order valence-electron chi connectivity index (χ3n) is 4.96. The molecule has 0 aliphatic carbocycles. The van der Waals surface area contributed by atoms with E-state index in [0.717, 1.165) is 43.9 Å². The molecule has 27 heavy (non-hydrogen) atoms. The Morgan fingerprint density at radius 1 is 1.33 bits per heavy atom. The van der Waals surface area contributed by atoms with E-state index in [1.54, 1.807) is 12.4 Å². The van der Waals surface area contributed by atoms with Gasteiger partial charge < -0.3 is 16.0 Å². The molecule has 4 rings (SSSR count). The number of halogens is 1. The number of nitrogens with one attached hydrogen (secondary N) is 1. The average Bonchev–Trinajstić information content (AvgIpc) is 2.98. The summed E-state index contributed by atoms with van der Waals surface area (Å²) in [6.45, 7) is 2.02. The van der Waals surface area contributed by atoms with Crippen LogP contribution in [0, 0.1) is 5.82 Å². The topological polar surface area (TPSA) is 101 Å². The van der Waals surface area contributed by atoms with Crippen LogP contribution in [0.1, 0.15) is 34.7 Å². The lowest BCUT2D eigenvalue weighted by molar-refractivity contribution is 0.102. The summed E-state index contributed by atoms with van der Waals surface area (Å²) in [5, 5.41) is 6.85. The summed E-state index contributed by atoms with van der Waals surface area (Å²) in [4.78, 5) is 23.3. The molecule has 3 aromatic rings. The quantitative estimate of drug-likeness (QED) is 0.731. The standard InChI is InChI=1S/C18H20FN7O/c1-25-6-3-11(4-7-25)13-2-5-21-9-14(13)23-18(27)15-16(20)24-26-10-12(19)8-22-17(15)26/h2,5,8-11H,3-4,6-7H2,1H3,(H2,20,24)(H,23,27). The molecule has 3 aromatic heterocycles. The molecular weight excluding hydrogens is 349 g/mol. The summed E-state index contributed by atoms with van der Waals surface area (Å²) in [5.74, 6) is -0.652. The summed E-state index contributed by atoms with van der Waals surface area (Å²) < 4.78 is 14.5. The predicted molar refractivity (Wildman–Crippen MR) is 99.0 cm³/mol. The molecule has 0 aromatic carbocycles. The SMILES string of the molecule is CN1CCC(c2ccncc2NC(=O)c2c(N)nn3cc(F)cnc23)CC1. The highest BCUT2D eigenvalue weighted by atomic mass is 19.1. The van der Waals surface area contributed by atoms with Crippen LogP contribution >= 0.6 is 0 Å². The number of hydrogen-bond donors (Lipinski definition) is 2. The molecule has 0 spiro atoms. The van der Waals surface area contributed by atoms with Crippen LogP contribution in [-0.4, -0.2) is 50.5 Å². The van der Waals surface area contributed by atoms with Crippen molar-refractivity contribution in [3.63, 3.8) is 0 Å². The first-order chi connectivity index (χ1) is 13.0. The minimum absolute atomic E-state index is 0.00432. The van der Waals surface area contributed by atoms with Crippen LogP contribution in [0.5, 0.6) is 0 Å². The lowest BCUT2D eigenvalue weighted by atomic mass is 9.89. The van der Waals surface area contributed by atoms with Crippen molar-refractivity contribution >= 4 is 23.1 Å². The van der Waals surface area contributed by atoms with Gasteiger partial charge in [-0.15, -0.1) is 5.10 Å². The van der Waals surface area contributed by atoms with Gasteiger partial charge in [-0.3, -0.25) is 9.78 Å². The molecule has 8 nitrogen and oxygen atoms in total. The molecule has 0 radical (unpaired) electrons. The number of hydrogen-bond acceptors (Lipinski definition) is 6. The summed E-state index contributed by atoms with van der Waals surface area (Å²) in [6, 6.07) is 1.94. The fraction of sp³-hybridized carbons (Fsp3) is 0.333. The lowest BCUT2D eigenvalue weighted by Crippen LogP contribution is -2.29. The zero-order valence-electron chi connectivity index (χ0n) is 14.9. The number of rotatable bonds is 3. The van der Waals surface area contributed by atoms with Crippen molar-refractivity contribution in [2.45, 2.75) is 18.8 Å². The second kappa shape index (κ2) is 6.92. The van der Waals surface area contributed by atoms with Gasteiger partial charge in [-0.1, -0.05) is 0 Å².